The van der Waals surface area contributed by atoms with E-state index in [0.717, 1.165) is 16.9 Å². The van der Waals surface area contributed by atoms with Gasteiger partial charge in [-0.3, -0.25) is 9.69 Å². The smallest absolute Gasteiger partial charge is 0.325 e. The zero-order valence-corrected chi connectivity index (χ0v) is 11.9. The first kappa shape index (κ1) is 13.3. The molecule has 2 aromatic rings. The zero-order valence-electron chi connectivity index (χ0n) is 11.1. The zero-order chi connectivity index (χ0) is 14.1. The van der Waals surface area contributed by atoms with E-state index in [-0.39, 0.29) is 0 Å². The summed E-state index contributed by atoms with van der Waals surface area (Å²) in [4.78, 5) is 18.9. The minimum Gasteiger partial charge on any atom is -0.480 e. The first-order valence-electron chi connectivity index (χ1n) is 6.53. The van der Waals surface area contributed by atoms with Crippen LogP contribution in [0.1, 0.15) is 35.1 Å². The van der Waals surface area contributed by atoms with Crippen LogP contribution in [-0.2, 0) is 24.2 Å². The third-order valence-electron chi connectivity index (χ3n) is 3.46. The lowest BCUT2D eigenvalue weighted by molar-refractivity contribution is -0.144. The van der Waals surface area contributed by atoms with Gasteiger partial charge in [-0.1, -0.05) is 12.1 Å². The second kappa shape index (κ2) is 5.34. The average molecular weight is 293 g/mol. The third kappa shape index (κ3) is 2.34. The van der Waals surface area contributed by atoms with Crippen LogP contribution in [-0.4, -0.2) is 32.7 Å². The number of hydrogen-bond donors (Lipinski definition) is 1. The van der Waals surface area contributed by atoms with Crippen molar-refractivity contribution in [2.45, 2.75) is 32.4 Å². The number of carboxylic acids is 1. The summed E-state index contributed by atoms with van der Waals surface area (Å²) in [6.07, 6.45) is 1.55. The van der Waals surface area contributed by atoms with Gasteiger partial charge in [-0.15, -0.1) is 11.3 Å². The highest BCUT2D eigenvalue weighted by molar-refractivity contribution is 7.10. The fourth-order valence-electron chi connectivity index (χ4n) is 2.51. The topological polar surface area (TPSA) is 79.5 Å². The van der Waals surface area contributed by atoms with Gasteiger partial charge in [-0.2, -0.15) is 4.98 Å². The number of aromatic nitrogens is 2. The van der Waals surface area contributed by atoms with E-state index < -0.39 is 12.0 Å². The van der Waals surface area contributed by atoms with Gasteiger partial charge in [0.25, 0.3) is 0 Å². The SMILES string of the molecule is CCc1nc(CN2CCc3sccc3C2C(=O)O)no1. The molecule has 0 spiro atoms. The summed E-state index contributed by atoms with van der Waals surface area (Å²) >= 11 is 1.62. The molecule has 6 nitrogen and oxygen atoms in total. The molecule has 0 bridgehead atoms. The predicted molar refractivity (Wildman–Crippen MR) is 72.5 cm³/mol. The first-order valence-corrected chi connectivity index (χ1v) is 7.41. The van der Waals surface area contributed by atoms with Gasteiger partial charge in [-0.05, 0) is 23.4 Å². The number of fused-ring (bicyclic) bond motifs is 1. The molecule has 0 aromatic carbocycles. The maximum Gasteiger partial charge on any atom is 0.325 e. The number of aryl methyl sites for hydroxylation is 1. The second-order valence-electron chi connectivity index (χ2n) is 4.72. The van der Waals surface area contributed by atoms with Crippen LogP contribution in [0.2, 0.25) is 0 Å². The van der Waals surface area contributed by atoms with Crippen molar-refractivity contribution in [1.82, 2.24) is 15.0 Å². The molecular formula is C13H15N3O3S. The number of carboxylic acid groups (broad SMARTS) is 1. The molecule has 1 aliphatic heterocycles. The molecule has 0 saturated carbocycles. The van der Waals surface area contributed by atoms with Crippen molar-refractivity contribution in [3.8, 4) is 0 Å². The quantitative estimate of drug-likeness (QED) is 0.927. The van der Waals surface area contributed by atoms with Crippen molar-refractivity contribution in [3.05, 3.63) is 33.6 Å². The Bertz CT molecular complexity index is 622. The normalized spacial score (nSPS) is 18.9. The van der Waals surface area contributed by atoms with Crippen molar-refractivity contribution in [2.24, 2.45) is 0 Å². The van der Waals surface area contributed by atoms with Gasteiger partial charge in [0.05, 0.1) is 6.54 Å². The molecule has 0 fully saturated rings. The van der Waals surface area contributed by atoms with Gasteiger partial charge >= 0.3 is 5.97 Å². The summed E-state index contributed by atoms with van der Waals surface area (Å²) in [6.45, 7) is 3.03. The van der Waals surface area contributed by atoms with Gasteiger partial charge in [0.15, 0.2) is 5.82 Å². The Morgan fingerprint density at radius 3 is 3.20 bits per heavy atom. The summed E-state index contributed by atoms with van der Waals surface area (Å²) in [5, 5.41) is 15.4. The molecule has 0 aliphatic carbocycles. The Kier molecular flexibility index (Phi) is 3.54. The Hall–Kier alpha value is -1.73. The van der Waals surface area contributed by atoms with Crippen LogP contribution in [0.25, 0.3) is 0 Å². The van der Waals surface area contributed by atoms with Crippen LogP contribution in [0, 0.1) is 0 Å². The molecule has 3 heterocycles. The van der Waals surface area contributed by atoms with Gasteiger partial charge in [0.2, 0.25) is 5.89 Å². The summed E-state index contributed by atoms with van der Waals surface area (Å²) in [7, 11) is 0. The molecule has 1 atom stereocenters. The van der Waals surface area contributed by atoms with E-state index in [4.69, 9.17) is 4.52 Å². The van der Waals surface area contributed by atoms with Crippen LogP contribution in [0.4, 0.5) is 0 Å². The Labute approximate surface area is 120 Å². The van der Waals surface area contributed by atoms with E-state index >= 15 is 0 Å². The summed E-state index contributed by atoms with van der Waals surface area (Å²) in [6, 6.07) is 1.28. The Morgan fingerprint density at radius 1 is 1.65 bits per heavy atom. The highest BCUT2D eigenvalue weighted by Gasteiger charge is 2.34. The van der Waals surface area contributed by atoms with E-state index in [0.29, 0.717) is 31.2 Å². The van der Waals surface area contributed by atoms with Gasteiger partial charge in [0.1, 0.15) is 6.04 Å². The average Bonchev–Trinajstić information content (AvgIpc) is 3.06. The molecule has 0 radical (unpaired) electrons. The number of carbonyl (C=O) groups is 1. The minimum absolute atomic E-state index is 0.399. The lowest BCUT2D eigenvalue weighted by Gasteiger charge is -2.31. The molecule has 2 aromatic heterocycles. The molecule has 1 N–H and O–H groups in total. The van der Waals surface area contributed by atoms with Gasteiger partial charge in [0, 0.05) is 17.8 Å². The highest BCUT2D eigenvalue weighted by Crippen LogP contribution is 2.34. The van der Waals surface area contributed by atoms with Crippen LogP contribution < -0.4 is 0 Å². The summed E-state index contributed by atoms with van der Waals surface area (Å²) in [5.41, 5.74) is 0.896. The lowest BCUT2D eigenvalue weighted by Crippen LogP contribution is -2.38. The van der Waals surface area contributed by atoms with Crippen LogP contribution >= 0.6 is 11.3 Å². The fraction of sp³-hybridized carbons (Fsp3) is 0.462. The monoisotopic (exact) mass is 293 g/mol. The molecule has 20 heavy (non-hydrogen) atoms. The summed E-state index contributed by atoms with van der Waals surface area (Å²) < 4.78 is 5.07. The molecule has 1 aliphatic rings. The van der Waals surface area contributed by atoms with Crippen molar-refractivity contribution >= 4 is 17.3 Å². The van der Waals surface area contributed by atoms with Crippen molar-refractivity contribution < 1.29 is 14.4 Å². The number of nitrogens with zero attached hydrogens (tertiary/aromatic N) is 3. The molecular weight excluding hydrogens is 278 g/mol. The van der Waals surface area contributed by atoms with Crippen LogP contribution in [0.5, 0.6) is 0 Å². The maximum absolute atomic E-state index is 11.6. The van der Waals surface area contributed by atoms with E-state index in [1.807, 2.05) is 23.3 Å². The van der Waals surface area contributed by atoms with Crippen molar-refractivity contribution in [3.63, 3.8) is 0 Å². The second-order valence-corrected chi connectivity index (χ2v) is 5.72. The molecule has 0 saturated heterocycles. The molecule has 106 valence electrons. The minimum atomic E-state index is -0.830. The molecule has 0 amide bonds. The third-order valence-corrected chi connectivity index (χ3v) is 4.45. The van der Waals surface area contributed by atoms with Crippen molar-refractivity contribution in [2.75, 3.05) is 6.54 Å². The lowest BCUT2D eigenvalue weighted by atomic mass is 10.00. The number of thiophene rings is 1. The molecule has 1 unspecified atom stereocenters. The first-order chi connectivity index (χ1) is 9.69. The van der Waals surface area contributed by atoms with Gasteiger partial charge < -0.3 is 9.63 Å². The largest absolute Gasteiger partial charge is 0.480 e. The predicted octanol–water partition coefficient (Wildman–Crippen LogP) is 1.88. The highest BCUT2D eigenvalue weighted by atomic mass is 32.1. The number of hydrogen-bond acceptors (Lipinski definition) is 6. The molecule has 3 rings (SSSR count). The van der Waals surface area contributed by atoms with Crippen LogP contribution in [0.15, 0.2) is 16.0 Å². The van der Waals surface area contributed by atoms with E-state index in [1.54, 1.807) is 11.3 Å². The van der Waals surface area contributed by atoms with Crippen LogP contribution in [0.3, 0.4) is 0 Å². The number of aliphatic carboxylic acids is 1. The van der Waals surface area contributed by atoms with Gasteiger partial charge in [-0.25, -0.2) is 0 Å². The maximum atomic E-state index is 11.6. The molecule has 7 heteroatoms. The Balaban J connectivity index is 1.84. The fourth-order valence-corrected chi connectivity index (χ4v) is 3.41. The summed E-state index contributed by atoms with van der Waals surface area (Å²) in [5.74, 6) is 0.301. The standard InChI is InChI=1S/C13H15N3O3S/c1-2-11-14-10(15-19-11)7-16-5-3-9-8(4-6-20-9)12(16)13(17)18/h4,6,12H,2-3,5,7H2,1H3,(H,17,18). The Morgan fingerprint density at radius 2 is 2.50 bits per heavy atom. The van der Waals surface area contributed by atoms with E-state index in [9.17, 15) is 9.90 Å². The van der Waals surface area contributed by atoms with Crippen molar-refractivity contribution in [1.29, 1.82) is 0 Å². The van der Waals surface area contributed by atoms with E-state index in [2.05, 4.69) is 10.1 Å². The van der Waals surface area contributed by atoms with E-state index in [1.165, 1.54) is 0 Å². The number of rotatable bonds is 4.